The van der Waals surface area contributed by atoms with E-state index in [0.29, 0.717) is 11.7 Å². The number of benzene rings is 2. The van der Waals surface area contributed by atoms with Gasteiger partial charge in [-0.2, -0.15) is 0 Å². The maximum absolute atomic E-state index is 11.6. The monoisotopic (exact) mass is 336 g/mol. The average Bonchev–Trinajstić information content (AvgIpc) is 2.63. The molecule has 2 aromatic rings. The highest BCUT2D eigenvalue weighted by Gasteiger charge is 2.54. The van der Waals surface area contributed by atoms with Gasteiger partial charge < -0.3 is 10.2 Å². The van der Waals surface area contributed by atoms with Crippen LogP contribution in [0.1, 0.15) is 56.2 Å². The van der Waals surface area contributed by atoms with Crippen LogP contribution in [-0.2, 0) is 17.4 Å². The molecule has 2 aliphatic carbocycles. The summed E-state index contributed by atoms with van der Waals surface area (Å²) >= 11 is 0. The normalized spacial score (nSPS) is 34.2. The number of hydrogen-bond donors (Lipinski definition) is 2. The second-order valence-electron chi connectivity index (χ2n) is 8.19. The third-order valence-electron chi connectivity index (χ3n) is 7.12. The van der Waals surface area contributed by atoms with Crippen molar-refractivity contribution in [3.63, 3.8) is 0 Å². The van der Waals surface area contributed by atoms with Gasteiger partial charge in [0.1, 0.15) is 5.75 Å². The molecule has 1 saturated carbocycles. The van der Waals surface area contributed by atoms with E-state index in [1.807, 2.05) is 30.3 Å². The summed E-state index contributed by atoms with van der Waals surface area (Å²) in [6, 6.07) is 16.1. The molecule has 0 amide bonds. The number of rotatable bonds is 2. The van der Waals surface area contributed by atoms with Gasteiger partial charge in [-0.25, -0.2) is 0 Å². The van der Waals surface area contributed by atoms with Crippen LogP contribution < -0.4 is 0 Å². The molecule has 2 aliphatic rings. The Kier molecular flexibility index (Phi) is 3.92. The van der Waals surface area contributed by atoms with Crippen molar-refractivity contribution in [3.8, 4) is 5.75 Å². The van der Waals surface area contributed by atoms with Gasteiger partial charge in [0.15, 0.2) is 0 Å². The molecule has 132 valence electrons. The molecule has 0 bridgehead atoms. The van der Waals surface area contributed by atoms with Crippen molar-refractivity contribution in [3.05, 3.63) is 65.2 Å². The van der Waals surface area contributed by atoms with Crippen molar-refractivity contribution in [2.45, 2.75) is 57.0 Å². The predicted molar refractivity (Wildman–Crippen MR) is 101 cm³/mol. The number of phenolic OH excluding ortho intramolecular Hbond substituents is 1. The first-order chi connectivity index (χ1) is 12.0. The van der Waals surface area contributed by atoms with Crippen LogP contribution in [0.4, 0.5) is 0 Å². The lowest BCUT2D eigenvalue weighted by atomic mass is 9.50. The van der Waals surface area contributed by atoms with Crippen LogP contribution in [0.3, 0.4) is 0 Å². The van der Waals surface area contributed by atoms with E-state index in [1.54, 1.807) is 0 Å². The van der Waals surface area contributed by atoms with E-state index in [1.165, 1.54) is 11.1 Å². The van der Waals surface area contributed by atoms with Crippen LogP contribution in [0.5, 0.6) is 5.75 Å². The van der Waals surface area contributed by atoms with Gasteiger partial charge in [0.25, 0.3) is 0 Å². The van der Waals surface area contributed by atoms with E-state index < -0.39 is 5.60 Å². The Morgan fingerprint density at radius 2 is 1.84 bits per heavy atom. The fourth-order valence-electron chi connectivity index (χ4n) is 5.72. The first kappa shape index (κ1) is 16.7. The maximum atomic E-state index is 11.6. The summed E-state index contributed by atoms with van der Waals surface area (Å²) in [5.41, 5.74) is 3.16. The van der Waals surface area contributed by atoms with Crippen molar-refractivity contribution < 1.29 is 10.2 Å². The molecule has 4 atom stereocenters. The van der Waals surface area contributed by atoms with E-state index in [0.717, 1.165) is 37.7 Å². The highest BCUT2D eigenvalue weighted by molar-refractivity contribution is 5.44. The number of fused-ring (bicyclic) bond motifs is 3. The molecular formula is C23H28O2. The Balaban J connectivity index is 1.77. The van der Waals surface area contributed by atoms with E-state index in [4.69, 9.17) is 0 Å². The molecule has 0 saturated heterocycles. The van der Waals surface area contributed by atoms with Gasteiger partial charge in [0, 0.05) is 0 Å². The van der Waals surface area contributed by atoms with Crippen LogP contribution in [0.2, 0.25) is 0 Å². The molecule has 2 N–H and O–H groups in total. The summed E-state index contributed by atoms with van der Waals surface area (Å²) in [6.07, 6.45) is 5.00. The number of hydrogen-bond acceptors (Lipinski definition) is 2. The Bertz CT molecular complexity index is 769. The molecule has 4 rings (SSSR count). The van der Waals surface area contributed by atoms with Gasteiger partial charge in [-0.3, -0.25) is 0 Å². The topological polar surface area (TPSA) is 40.5 Å². The second kappa shape index (κ2) is 5.88. The molecule has 0 radical (unpaired) electrons. The van der Waals surface area contributed by atoms with Gasteiger partial charge in [-0.15, -0.1) is 0 Å². The first-order valence-corrected chi connectivity index (χ1v) is 9.60. The lowest BCUT2D eigenvalue weighted by molar-refractivity contribution is -0.0987. The highest BCUT2D eigenvalue weighted by Crippen LogP contribution is 2.58. The highest BCUT2D eigenvalue weighted by atomic mass is 16.3. The standard InChI is InChI=1S/C23H28O2/c1-3-22-14-16(2)23(25,18-7-5-4-6-8-18)15-19(22)10-9-17-13-20(24)11-12-21(17)22/h4-8,11-13,16,19,24-25H,3,9-10,14-15H2,1-2H3/t16?,19?,22?,23-/m0/s1. The van der Waals surface area contributed by atoms with Gasteiger partial charge in [0.05, 0.1) is 5.60 Å². The zero-order valence-corrected chi connectivity index (χ0v) is 15.2. The minimum Gasteiger partial charge on any atom is -0.508 e. The number of phenols is 1. The molecule has 3 unspecified atom stereocenters. The quantitative estimate of drug-likeness (QED) is 0.817. The average molecular weight is 336 g/mol. The summed E-state index contributed by atoms with van der Waals surface area (Å²) in [7, 11) is 0. The van der Waals surface area contributed by atoms with E-state index in [2.05, 4.69) is 32.0 Å². The number of aliphatic hydroxyl groups is 1. The van der Waals surface area contributed by atoms with Crippen LogP contribution in [0.25, 0.3) is 0 Å². The van der Waals surface area contributed by atoms with Crippen LogP contribution in [0.15, 0.2) is 48.5 Å². The molecular weight excluding hydrogens is 308 g/mol. The Hall–Kier alpha value is -1.80. The zero-order valence-electron chi connectivity index (χ0n) is 15.2. The van der Waals surface area contributed by atoms with Crippen LogP contribution >= 0.6 is 0 Å². The first-order valence-electron chi connectivity index (χ1n) is 9.60. The Labute approximate surface area is 150 Å². The van der Waals surface area contributed by atoms with E-state index in [9.17, 15) is 10.2 Å². The van der Waals surface area contributed by atoms with Crippen LogP contribution in [-0.4, -0.2) is 10.2 Å². The smallest absolute Gasteiger partial charge is 0.115 e. The summed E-state index contributed by atoms with van der Waals surface area (Å²) < 4.78 is 0. The molecule has 0 heterocycles. The molecule has 2 aromatic carbocycles. The Morgan fingerprint density at radius 3 is 2.56 bits per heavy atom. The van der Waals surface area contributed by atoms with E-state index >= 15 is 0 Å². The third kappa shape index (κ3) is 2.42. The largest absolute Gasteiger partial charge is 0.508 e. The van der Waals surface area contributed by atoms with Crippen molar-refractivity contribution in [1.29, 1.82) is 0 Å². The van der Waals surface area contributed by atoms with Crippen molar-refractivity contribution in [1.82, 2.24) is 0 Å². The van der Waals surface area contributed by atoms with Gasteiger partial charge >= 0.3 is 0 Å². The minimum absolute atomic E-state index is 0.127. The second-order valence-corrected chi connectivity index (χ2v) is 8.19. The number of aryl methyl sites for hydroxylation is 1. The molecule has 1 fully saturated rings. The Morgan fingerprint density at radius 1 is 1.08 bits per heavy atom. The fraction of sp³-hybridized carbons (Fsp3) is 0.478. The van der Waals surface area contributed by atoms with Crippen LogP contribution in [0, 0.1) is 11.8 Å². The molecule has 2 nitrogen and oxygen atoms in total. The minimum atomic E-state index is -0.737. The SMILES string of the molecule is CCC12CC(C)[C@](O)(c3ccccc3)CC1CCc1cc(O)ccc12. The van der Waals surface area contributed by atoms with Crippen molar-refractivity contribution in [2.24, 2.45) is 11.8 Å². The third-order valence-corrected chi connectivity index (χ3v) is 7.12. The summed E-state index contributed by atoms with van der Waals surface area (Å²) in [5.74, 6) is 1.05. The van der Waals surface area contributed by atoms with E-state index in [-0.39, 0.29) is 11.3 Å². The fourth-order valence-corrected chi connectivity index (χ4v) is 5.72. The van der Waals surface area contributed by atoms with Crippen molar-refractivity contribution >= 4 is 0 Å². The molecule has 2 heteroatoms. The molecule has 0 aliphatic heterocycles. The molecule has 0 aromatic heterocycles. The maximum Gasteiger partial charge on any atom is 0.115 e. The van der Waals surface area contributed by atoms with Gasteiger partial charge in [-0.1, -0.05) is 50.2 Å². The zero-order chi connectivity index (χ0) is 17.7. The summed E-state index contributed by atoms with van der Waals surface area (Å²) in [5, 5.41) is 21.5. The molecule has 0 spiro atoms. The summed E-state index contributed by atoms with van der Waals surface area (Å²) in [4.78, 5) is 0. The number of aromatic hydroxyl groups is 1. The lowest BCUT2D eigenvalue weighted by Gasteiger charge is -2.56. The van der Waals surface area contributed by atoms with Gasteiger partial charge in [-0.05, 0) is 78.2 Å². The van der Waals surface area contributed by atoms with Crippen molar-refractivity contribution in [2.75, 3.05) is 0 Å². The molecule has 25 heavy (non-hydrogen) atoms. The summed E-state index contributed by atoms with van der Waals surface area (Å²) in [6.45, 7) is 4.49. The lowest BCUT2D eigenvalue weighted by Crippen LogP contribution is -2.52. The predicted octanol–water partition coefficient (Wildman–Crippen LogP) is 4.92. The van der Waals surface area contributed by atoms with Gasteiger partial charge in [0.2, 0.25) is 0 Å².